The summed E-state index contributed by atoms with van der Waals surface area (Å²) in [6.07, 6.45) is 0.502. The molecule has 2 fully saturated rings. The summed E-state index contributed by atoms with van der Waals surface area (Å²) in [5.74, 6) is -1.91. The van der Waals surface area contributed by atoms with Gasteiger partial charge in [-0.2, -0.15) is 4.31 Å². The molecule has 0 bridgehead atoms. The minimum absolute atomic E-state index is 0.0650. The molecule has 2 aliphatic heterocycles. The molecule has 0 radical (unpaired) electrons. The van der Waals surface area contributed by atoms with Crippen molar-refractivity contribution in [1.82, 2.24) is 9.21 Å². The molecule has 2 aromatic carbocycles. The first-order valence-corrected chi connectivity index (χ1v) is 13.3. The molecule has 2 saturated heterocycles. The molecule has 1 atom stereocenters. The summed E-state index contributed by atoms with van der Waals surface area (Å²) in [5, 5.41) is 11.7. The van der Waals surface area contributed by atoms with Gasteiger partial charge in [-0.25, -0.2) is 8.42 Å². The van der Waals surface area contributed by atoms with E-state index >= 15 is 0 Å². The fourth-order valence-electron chi connectivity index (χ4n) is 4.36. The van der Waals surface area contributed by atoms with Gasteiger partial charge in [0, 0.05) is 43.9 Å². The van der Waals surface area contributed by atoms with E-state index in [0.29, 0.717) is 36.8 Å². The Kier molecular flexibility index (Phi) is 8.11. The van der Waals surface area contributed by atoms with Crippen molar-refractivity contribution in [2.75, 3.05) is 46.6 Å². The third kappa shape index (κ3) is 5.18. The number of ketones is 1. The van der Waals surface area contributed by atoms with Crippen LogP contribution in [0.2, 0.25) is 5.02 Å². The Balaban J connectivity index is 1.71. The van der Waals surface area contributed by atoms with Crippen LogP contribution < -0.4 is 0 Å². The first-order valence-electron chi connectivity index (χ1n) is 11.5. The highest BCUT2D eigenvalue weighted by molar-refractivity contribution is 7.89. The number of aliphatic hydroxyl groups is 1. The summed E-state index contributed by atoms with van der Waals surface area (Å²) in [7, 11) is -2.17. The van der Waals surface area contributed by atoms with Crippen molar-refractivity contribution < 1.29 is 32.6 Å². The highest BCUT2D eigenvalue weighted by atomic mass is 35.5. The van der Waals surface area contributed by atoms with E-state index in [1.54, 1.807) is 31.4 Å². The Bertz CT molecular complexity index is 1250. The zero-order chi connectivity index (χ0) is 25.9. The van der Waals surface area contributed by atoms with E-state index in [4.69, 9.17) is 21.1 Å². The average molecular weight is 535 g/mol. The van der Waals surface area contributed by atoms with Crippen LogP contribution in [0.4, 0.5) is 0 Å². The predicted octanol–water partition coefficient (Wildman–Crippen LogP) is 2.82. The van der Waals surface area contributed by atoms with Gasteiger partial charge in [0.05, 0.1) is 29.7 Å². The largest absolute Gasteiger partial charge is 0.507 e. The molecule has 4 rings (SSSR count). The standard InChI is InChI=1S/C25H27ClN2O7S/c1-34-14-2-11-28-22(17-3-7-19(26)8-4-17)21(24(30)25(28)31)23(29)18-5-9-20(10-6-18)36(32,33)27-12-15-35-16-13-27/h3-10,22,29H,2,11-16H2,1H3/b23-21+/t22-/m1/s1. The lowest BCUT2D eigenvalue weighted by Gasteiger charge is -2.26. The van der Waals surface area contributed by atoms with Crippen LogP contribution in [-0.2, 0) is 29.1 Å². The van der Waals surface area contributed by atoms with Gasteiger partial charge in [-0.1, -0.05) is 23.7 Å². The molecule has 2 aliphatic rings. The molecule has 1 N–H and O–H groups in total. The lowest BCUT2D eigenvalue weighted by molar-refractivity contribution is -0.140. The topological polar surface area (TPSA) is 113 Å². The van der Waals surface area contributed by atoms with Crippen molar-refractivity contribution in [3.8, 4) is 0 Å². The number of carbonyl (C=O) groups is 2. The van der Waals surface area contributed by atoms with E-state index in [1.165, 1.54) is 33.5 Å². The fraction of sp³-hybridized carbons (Fsp3) is 0.360. The molecule has 1 amide bonds. The van der Waals surface area contributed by atoms with Crippen molar-refractivity contribution in [3.63, 3.8) is 0 Å². The van der Waals surface area contributed by atoms with E-state index < -0.39 is 27.8 Å². The monoisotopic (exact) mass is 534 g/mol. The number of nitrogens with zero attached hydrogens (tertiary/aromatic N) is 2. The molecule has 9 nitrogen and oxygen atoms in total. The minimum atomic E-state index is -3.72. The second kappa shape index (κ2) is 11.1. The Morgan fingerprint density at radius 1 is 1.08 bits per heavy atom. The van der Waals surface area contributed by atoms with E-state index in [9.17, 15) is 23.1 Å². The number of halogens is 1. The normalized spacial score (nSPS) is 20.7. The van der Waals surface area contributed by atoms with Gasteiger partial charge in [0.25, 0.3) is 11.7 Å². The van der Waals surface area contributed by atoms with E-state index in [1.807, 2.05) is 0 Å². The zero-order valence-electron chi connectivity index (χ0n) is 19.7. The lowest BCUT2D eigenvalue weighted by Crippen LogP contribution is -2.40. The number of Topliss-reactive ketones (excluding diaryl/α,β-unsaturated/α-hetero) is 1. The van der Waals surface area contributed by atoms with Crippen LogP contribution in [0.1, 0.15) is 23.6 Å². The van der Waals surface area contributed by atoms with E-state index in [2.05, 4.69) is 0 Å². The van der Waals surface area contributed by atoms with Gasteiger partial charge in [0.15, 0.2) is 0 Å². The Morgan fingerprint density at radius 2 is 1.72 bits per heavy atom. The number of amides is 1. The minimum Gasteiger partial charge on any atom is -0.507 e. The molecule has 2 heterocycles. The van der Waals surface area contributed by atoms with Gasteiger partial charge >= 0.3 is 0 Å². The van der Waals surface area contributed by atoms with Crippen molar-refractivity contribution in [1.29, 1.82) is 0 Å². The summed E-state index contributed by atoms with van der Waals surface area (Å²) >= 11 is 6.03. The molecular formula is C25H27ClN2O7S. The number of likely N-dealkylation sites (tertiary alicyclic amines) is 1. The number of sulfonamides is 1. The molecule has 0 unspecified atom stereocenters. The summed E-state index contributed by atoms with van der Waals surface area (Å²) in [6.45, 7) is 1.82. The number of methoxy groups -OCH3 is 1. The highest BCUT2D eigenvalue weighted by Gasteiger charge is 2.45. The van der Waals surface area contributed by atoms with Crippen molar-refractivity contribution >= 4 is 39.1 Å². The van der Waals surface area contributed by atoms with Crippen LogP contribution in [0.15, 0.2) is 59.0 Å². The second-order valence-electron chi connectivity index (χ2n) is 8.43. The molecule has 0 saturated carbocycles. The maximum atomic E-state index is 13.1. The molecule has 2 aromatic rings. The van der Waals surface area contributed by atoms with Crippen molar-refractivity contribution in [2.45, 2.75) is 17.4 Å². The Hall–Kier alpha value is -2.76. The van der Waals surface area contributed by atoms with Crippen LogP contribution in [0.5, 0.6) is 0 Å². The number of ether oxygens (including phenoxy) is 2. The summed E-state index contributed by atoms with van der Waals surface area (Å²) in [6, 6.07) is 11.5. The summed E-state index contributed by atoms with van der Waals surface area (Å²) in [5.41, 5.74) is 0.775. The van der Waals surface area contributed by atoms with Gasteiger partial charge in [-0.05, 0) is 48.4 Å². The molecule has 0 aliphatic carbocycles. The molecule has 192 valence electrons. The maximum absolute atomic E-state index is 13.1. The first-order chi connectivity index (χ1) is 17.3. The predicted molar refractivity (Wildman–Crippen MR) is 133 cm³/mol. The first kappa shape index (κ1) is 26.3. The molecule has 36 heavy (non-hydrogen) atoms. The van der Waals surface area contributed by atoms with Gasteiger partial charge in [-0.15, -0.1) is 0 Å². The Labute approximate surface area is 214 Å². The van der Waals surface area contributed by atoms with Gasteiger partial charge in [-0.3, -0.25) is 9.59 Å². The SMILES string of the molecule is COCCCN1C(=O)C(=O)/C(=C(/O)c2ccc(S(=O)(=O)N3CCOCC3)cc2)[C@H]1c1ccc(Cl)cc1. The maximum Gasteiger partial charge on any atom is 0.295 e. The van der Waals surface area contributed by atoms with E-state index in [0.717, 1.165) is 0 Å². The summed E-state index contributed by atoms with van der Waals surface area (Å²) < 4.78 is 37.5. The number of carbonyl (C=O) groups excluding carboxylic acids is 2. The number of morpholine rings is 1. The molecule has 0 spiro atoms. The number of hydrogen-bond donors (Lipinski definition) is 1. The third-order valence-electron chi connectivity index (χ3n) is 6.21. The zero-order valence-corrected chi connectivity index (χ0v) is 21.3. The van der Waals surface area contributed by atoms with E-state index in [-0.39, 0.29) is 41.4 Å². The van der Waals surface area contributed by atoms with Crippen molar-refractivity contribution in [2.24, 2.45) is 0 Å². The summed E-state index contributed by atoms with van der Waals surface area (Å²) in [4.78, 5) is 27.5. The van der Waals surface area contributed by atoms with Crippen LogP contribution in [0, 0.1) is 0 Å². The van der Waals surface area contributed by atoms with Gasteiger partial charge in [0.1, 0.15) is 5.76 Å². The number of rotatable bonds is 8. The molecule has 11 heteroatoms. The number of aliphatic hydroxyl groups excluding tert-OH is 1. The Morgan fingerprint density at radius 3 is 2.33 bits per heavy atom. The van der Waals surface area contributed by atoms with Crippen LogP contribution in [0.3, 0.4) is 0 Å². The molecule has 0 aromatic heterocycles. The highest BCUT2D eigenvalue weighted by Crippen LogP contribution is 2.39. The smallest absolute Gasteiger partial charge is 0.295 e. The van der Waals surface area contributed by atoms with Gasteiger partial charge < -0.3 is 19.5 Å². The number of hydrogen-bond acceptors (Lipinski definition) is 7. The van der Waals surface area contributed by atoms with Crippen LogP contribution >= 0.6 is 11.6 Å². The van der Waals surface area contributed by atoms with Crippen LogP contribution in [0.25, 0.3) is 5.76 Å². The van der Waals surface area contributed by atoms with Gasteiger partial charge in [0.2, 0.25) is 10.0 Å². The number of benzene rings is 2. The third-order valence-corrected chi connectivity index (χ3v) is 8.37. The molecular weight excluding hydrogens is 508 g/mol. The van der Waals surface area contributed by atoms with Crippen molar-refractivity contribution in [3.05, 3.63) is 70.3 Å². The lowest BCUT2D eigenvalue weighted by atomic mass is 9.95. The quantitative estimate of drug-likeness (QED) is 0.240. The fourth-order valence-corrected chi connectivity index (χ4v) is 5.89. The second-order valence-corrected chi connectivity index (χ2v) is 10.8. The van der Waals surface area contributed by atoms with Crippen LogP contribution in [-0.4, -0.2) is 81.0 Å². The average Bonchev–Trinajstić information content (AvgIpc) is 3.14.